The van der Waals surface area contributed by atoms with Crippen molar-refractivity contribution in [2.24, 2.45) is 5.92 Å². The smallest absolute Gasteiger partial charge is 0.276 e. The molecule has 0 spiro atoms. The van der Waals surface area contributed by atoms with Gasteiger partial charge < -0.3 is 26.0 Å². The van der Waals surface area contributed by atoms with Crippen molar-refractivity contribution in [1.29, 1.82) is 0 Å². The summed E-state index contributed by atoms with van der Waals surface area (Å²) in [7, 11) is 0. The number of nitrogens with zero attached hydrogens (tertiary/aromatic N) is 3. The lowest BCUT2D eigenvalue weighted by atomic mass is 9.82. The summed E-state index contributed by atoms with van der Waals surface area (Å²) in [6, 6.07) is 4.98. The Morgan fingerprint density at radius 1 is 1.22 bits per heavy atom. The van der Waals surface area contributed by atoms with Gasteiger partial charge in [-0.3, -0.25) is 9.78 Å². The minimum Gasteiger partial charge on any atom is -0.396 e. The number of benzene rings is 1. The summed E-state index contributed by atoms with van der Waals surface area (Å²) in [5.74, 6) is -2.69. The number of nitrogen functional groups attached to an aromatic ring is 1. The third kappa shape index (κ3) is 4.41. The minimum atomic E-state index is -1.39. The van der Waals surface area contributed by atoms with Crippen LogP contribution in [0.15, 0.2) is 42.9 Å². The summed E-state index contributed by atoms with van der Waals surface area (Å²) in [6.07, 6.45) is 3.75. The molecule has 4 atom stereocenters. The van der Waals surface area contributed by atoms with Crippen molar-refractivity contribution in [1.82, 2.24) is 15.0 Å². The van der Waals surface area contributed by atoms with Crippen LogP contribution < -0.4 is 11.1 Å². The van der Waals surface area contributed by atoms with Gasteiger partial charge in [0.25, 0.3) is 5.91 Å². The maximum absolute atomic E-state index is 14.2. The predicted octanol–water partition coefficient (Wildman–Crippen LogP) is 3.00. The van der Waals surface area contributed by atoms with Crippen LogP contribution in [0.25, 0.3) is 11.4 Å². The Balaban J connectivity index is 1.43. The van der Waals surface area contributed by atoms with Gasteiger partial charge in [0, 0.05) is 18.2 Å². The topological polar surface area (TPSA) is 143 Å². The molecule has 1 aliphatic heterocycles. The largest absolute Gasteiger partial charge is 0.396 e. The summed E-state index contributed by atoms with van der Waals surface area (Å²) in [6.45, 7) is 1.57. The van der Waals surface area contributed by atoms with Gasteiger partial charge in [-0.15, -0.1) is 0 Å². The number of aliphatic hydroxyl groups excluding tert-OH is 1. The van der Waals surface area contributed by atoms with Crippen molar-refractivity contribution in [2.45, 2.75) is 50.1 Å². The number of carbonyl (C=O) groups excluding carboxylic acids is 1. The van der Waals surface area contributed by atoms with Crippen molar-refractivity contribution < 1.29 is 28.5 Å². The Kier molecular flexibility index (Phi) is 6.15. The summed E-state index contributed by atoms with van der Waals surface area (Å²) in [5.41, 5.74) is 4.51. The standard InChI is InChI=1S/C25H25F2N5O4/c1-25(35)19(33)9-18(36-22(25)12-5-6-12)13-7-8-29-11-17(13)31-24(34)21-16(28)10-30-23(32-21)20-14(26)3-2-4-15(20)27/h2-4,7-8,10-12,18-19,22,33,35H,5-6,9,28H2,1H3,(H,31,34)/t18-,19-,22-,25+/m0/s1. The molecule has 0 unspecified atom stereocenters. The average Bonchev–Trinajstić information content (AvgIpc) is 3.67. The van der Waals surface area contributed by atoms with Gasteiger partial charge in [0.05, 0.1) is 47.6 Å². The highest BCUT2D eigenvalue weighted by molar-refractivity contribution is 6.06. The first-order valence-corrected chi connectivity index (χ1v) is 11.5. The van der Waals surface area contributed by atoms with Crippen LogP contribution in [0.4, 0.5) is 20.2 Å². The van der Waals surface area contributed by atoms with Crippen LogP contribution in [0.3, 0.4) is 0 Å². The van der Waals surface area contributed by atoms with Crippen LogP contribution in [-0.2, 0) is 4.74 Å². The first-order valence-electron chi connectivity index (χ1n) is 11.5. The van der Waals surface area contributed by atoms with Gasteiger partial charge in [-0.05, 0) is 43.9 Å². The fourth-order valence-electron chi connectivity index (χ4n) is 4.57. The molecule has 2 aliphatic rings. The van der Waals surface area contributed by atoms with E-state index in [-0.39, 0.29) is 35.2 Å². The van der Waals surface area contributed by atoms with Crippen LogP contribution in [0.2, 0.25) is 0 Å². The van der Waals surface area contributed by atoms with E-state index in [4.69, 9.17) is 10.5 Å². The van der Waals surface area contributed by atoms with Crippen molar-refractivity contribution in [3.8, 4) is 11.4 Å². The molecular formula is C25H25F2N5O4. The number of nitrogens with two attached hydrogens (primary N) is 1. The van der Waals surface area contributed by atoms with E-state index in [0.29, 0.717) is 5.56 Å². The second-order valence-corrected chi connectivity index (χ2v) is 9.37. The van der Waals surface area contributed by atoms with E-state index in [9.17, 15) is 23.8 Å². The summed E-state index contributed by atoms with van der Waals surface area (Å²) in [5, 5.41) is 24.1. The van der Waals surface area contributed by atoms with Crippen LogP contribution in [0, 0.1) is 17.6 Å². The molecule has 2 aromatic heterocycles. The summed E-state index contributed by atoms with van der Waals surface area (Å²) < 4.78 is 34.7. The Bertz CT molecular complexity index is 1300. The molecule has 11 heteroatoms. The lowest BCUT2D eigenvalue weighted by Gasteiger charge is -2.45. The molecule has 1 saturated heterocycles. The third-order valence-corrected chi connectivity index (χ3v) is 6.72. The van der Waals surface area contributed by atoms with Crippen molar-refractivity contribution in [3.63, 3.8) is 0 Å². The number of pyridine rings is 1. The zero-order valence-corrected chi connectivity index (χ0v) is 19.4. The number of aliphatic hydroxyl groups is 2. The van der Waals surface area contributed by atoms with Crippen LogP contribution >= 0.6 is 0 Å². The van der Waals surface area contributed by atoms with Crippen molar-refractivity contribution in [2.75, 3.05) is 11.1 Å². The quantitative estimate of drug-likeness (QED) is 0.421. The van der Waals surface area contributed by atoms with Gasteiger partial charge in [0.1, 0.15) is 17.2 Å². The Morgan fingerprint density at radius 3 is 2.64 bits per heavy atom. The number of aromatic nitrogens is 3. The number of carbonyl (C=O) groups is 1. The Labute approximate surface area is 205 Å². The van der Waals surface area contributed by atoms with E-state index in [2.05, 4.69) is 20.3 Å². The van der Waals surface area contributed by atoms with E-state index in [1.807, 2.05) is 0 Å². The molecule has 188 valence electrons. The first-order chi connectivity index (χ1) is 17.2. The molecule has 2 fully saturated rings. The lowest BCUT2D eigenvalue weighted by Crippen LogP contribution is -2.56. The van der Waals surface area contributed by atoms with Gasteiger partial charge in [0.15, 0.2) is 11.5 Å². The molecule has 1 amide bonds. The maximum Gasteiger partial charge on any atom is 0.276 e. The maximum atomic E-state index is 14.2. The number of rotatable bonds is 5. The normalized spacial score (nSPS) is 26.0. The summed E-state index contributed by atoms with van der Waals surface area (Å²) >= 11 is 0. The van der Waals surface area contributed by atoms with Crippen LogP contribution in [0.1, 0.15) is 48.3 Å². The molecule has 0 radical (unpaired) electrons. The molecular weight excluding hydrogens is 472 g/mol. The SMILES string of the molecule is C[C@@]1(O)[C@@H](O)C[C@@H](c2ccncc2NC(=O)c2nc(-c3c(F)cccc3F)ncc2N)O[C@H]1C1CC1. The average molecular weight is 498 g/mol. The van der Waals surface area contributed by atoms with Crippen molar-refractivity contribution in [3.05, 3.63) is 65.7 Å². The monoisotopic (exact) mass is 497 g/mol. The molecule has 1 saturated carbocycles. The van der Waals surface area contributed by atoms with Gasteiger partial charge >= 0.3 is 0 Å². The van der Waals surface area contributed by atoms with Gasteiger partial charge in [-0.1, -0.05) is 6.07 Å². The second kappa shape index (κ2) is 9.16. The molecule has 9 nitrogen and oxygen atoms in total. The highest BCUT2D eigenvalue weighted by Crippen LogP contribution is 2.48. The molecule has 3 aromatic rings. The zero-order chi connectivity index (χ0) is 25.6. The van der Waals surface area contributed by atoms with E-state index in [1.54, 1.807) is 13.0 Å². The third-order valence-electron chi connectivity index (χ3n) is 6.72. The molecule has 1 aromatic carbocycles. The van der Waals surface area contributed by atoms with E-state index in [0.717, 1.165) is 31.2 Å². The highest BCUT2D eigenvalue weighted by atomic mass is 19.1. The van der Waals surface area contributed by atoms with Gasteiger partial charge in [-0.2, -0.15) is 0 Å². The number of hydrogen-bond acceptors (Lipinski definition) is 8. The molecule has 1 aliphatic carbocycles. The fourth-order valence-corrected chi connectivity index (χ4v) is 4.57. The second-order valence-electron chi connectivity index (χ2n) is 9.37. The first kappa shape index (κ1) is 24.2. The number of nitrogens with one attached hydrogen (secondary N) is 1. The Morgan fingerprint density at radius 2 is 1.94 bits per heavy atom. The van der Waals surface area contributed by atoms with Gasteiger partial charge in [0.2, 0.25) is 0 Å². The predicted molar refractivity (Wildman–Crippen MR) is 126 cm³/mol. The van der Waals surface area contributed by atoms with E-state index < -0.39 is 47.0 Å². The molecule has 5 N–H and O–H groups in total. The Hall–Kier alpha value is -3.54. The highest BCUT2D eigenvalue weighted by Gasteiger charge is 2.52. The lowest BCUT2D eigenvalue weighted by molar-refractivity contribution is -0.227. The number of ether oxygens (including phenoxy) is 1. The molecule has 5 rings (SSSR count). The molecule has 3 heterocycles. The fraction of sp³-hybridized carbons (Fsp3) is 0.360. The molecule has 36 heavy (non-hydrogen) atoms. The molecule has 0 bridgehead atoms. The summed E-state index contributed by atoms with van der Waals surface area (Å²) in [4.78, 5) is 25.1. The van der Waals surface area contributed by atoms with E-state index in [1.165, 1.54) is 18.5 Å². The van der Waals surface area contributed by atoms with Crippen LogP contribution in [0.5, 0.6) is 0 Å². The van der Waals surface area contributed by atoms with Crippen molar-refractivity contribution >= 4 is 17.3 Å². The number of anilines is 2. The minimum absolute atomic E-state index is 0.0902. The zero-order valence-electron chi connectivity index (χ0n) is 19.4. The number of halogens is 2. The van der Waals surface area contributed by atoms with Crippen LogP contribution in [-0.4, -0.2) is 48.9 Å². The van der Waals surface area contributed by atoms with E-state index >= 15 is 0 Å². The number of hydrogen-bond donors (Lipinski definition) is 4. The number of amides is 1. The van der Waals surface area contributed by atoms with Gasteiger partial charge in [-0.25, -0.2) is 18.7 Å².